The quantitative estimate of drug-likeness (QED) is 0.889. The minimum atomic E-state index is -3.36. The van der Waals surface area contributed by atoms with Gasteiger partial charge in [0, 0.05) is 4.90 Å². The predicted molar refractivity (Wildman–Crippen MR) is 73.5 cm³/mol. The fourth-order valence-electron chi connectivity index (χ4n) is 1.43. The Bertz CT molecular complexity index is 582. The van der Waals surface area contributed by atoms with Crippen molar-refractivity contribution in [3.8, 4) is 0 Å². The van der Waals surface area contributed by atoms with E-state index in [1.54, 1.807) is 32.0 Å². The van der Waals surface area contributed by atoms with E-state index in [1.165, 1.54) is 11.8 Å². The number of hydrogen-bond donors (Lipinski definition) is 2. The first-order valence-electron chi connectivity index (χ1n) is 5.47. The summed E-state index contributed by atoms with van der Waals surface area (Å²) in [5.41, 5.74) is 1.12. The van der Waals surface area contributed by atoms with E-state index in [4.69, 9.17) is 0 Å². The first-order valence-corrected chi connectivity index (χ1v) is 8.00. The fraction of sp³-hybridized carbons (Fsp3) is 0.364. The molecule has 7 heteroatoms. The van der Waals surface area contributed by atoms with Crippen LogP contribution in [0.1, 0.15) is 13.8 Å². The van der Waals surface area contributed by atoms with Crippen LogP contribution in [0.5, 0.6) is 0 Å². The van der Waals surface area contributed by atoms with Gasteiger partial charge in [0.1, 0.15) is 0 Å². The summed E-state index contributed by atoms with van der Waals surface area (Å²) in [6.45, 7) is 3.22. The van der Waals surface area contributed by atoms with E-state index < -0.39 is 15.3 Å². The van der Waals surface area contributed by atoms with Gasteiger partial charge in [-0.05, 0) is 32.0 Å². The van der Waals surface area contributed by atoms with Gasteiger partial charge >= 0.3 is 0 Å². The van der Waals surface area contributed by atoms with Gasteiger partial charge in [0.15, 0.2) is 0 Å². The van der Waals surface area contributed by atoms with Crippen LogP contribution in [-0.4, -0.2) is 25.3 Å². The minimum Gasteiger partial charge on any atom is -0.324 e. The number of benzene rings is 1. The molecule has 0 radical (unpaired) electrons. The SMILES string of the molecule is CC(C)S(=O)(=O)Nc1ccc2c(c1)NC(=O)CS2. The molecule has 2 N–H and O–H groups in total. The summed E-state index contributed by atoms with van der Waals surface area (Å²) in [4.78, 5) is 12.2. The molecule has 1 heterocycles. The molecule has 98 valence electrons. The number of fused-ring (bicyclic) bond motifs is 1. The van der Waals surface area contributed by atoms with Gasteiger partial charge in [0.05, 0.1) is 22.4 Å². The molecule has 18 heavy (non-hydrogen) atoms. The second-order valence-electron chi connectivity index (χ2n) is 4.24. The summed E-state index contributed by atoms with van der Waals surface area (Å²) < 4.78 is 26.0. The van der Waals surface area contributed by atoms with Crippen molar-refractivity contribution >= 4 is 39.1 Å². The molecule has 0 unspecified atom stereocenters. The zero-order chi connectivity index (χ0) is 13.3. The van der Waals surface area contributed by atoms with Crippen molar-refractivity contribution in [2.45, 2.75) is 24.0 Å². The molecular formula is C11H14N2O3S2. The minimum absolute atomic E-state index is 0.0728. The van der Waals surface area contributed by atoms with Crippen molar-refractivity contribution in [3.63, 3.8) is 0 Å². The molecule has 0 saturated heterocycles. The van der Waals surface area contributed by atoms with Crippen molar-refractivity contribution in [2.24, 2.45) is 0 Å². The van der Waals surface area contributed by atoms with Crippen LogP contribution < -0.4 is 10.0 Å². The van der Waals surface area contributed by atoms with Gasteiger partial charge in [-0.1, -0.05) is 0 Å². The molecule has 1 aliphatic heterocycles. The first kappa shape index (κ1) is 13.2. The van der Waals surface area contributed by atoms with Gasteiger partial charge in [0.25, 0.3) is 0 Å². The molecule has 0 saturated carbocycles. The lowest BCUT2D eigenvalue weighted by Crippen LogP contribution is -2.23. The largest absolute Gasteiger partial charge is 0.324 e. The summed E-state index contributed by atoms with van der Waals surface area (Å²) in [6.07, 6.45) is 0. The smallest absolute Gasteiger partial charge is 0.235 e. The van der Waals surface area contributed by atoms with Crippen LogP contribution in [0, 0.1) is 0 Å². The third kappa shape index (κ3) is 2.78. The van der Waals surface area contributed by atoms with Crippen LogP contribution in [0.3, 0.4) is 0 Å². The number of rotatable bonds is 3. The summed E-state index contributed by atoms with van der Waals surface area (Å²) in [5.74, 6) is 0.320. The van der Waals surface area contributed by atoms with E-state index in [9.17, 15) is 13.2 Å². The second-order valence-corrected chi connectivity index (χ2v) is 7.50. The van der Waals surface area contributed by atoms with Gasteiger partial charge in [-0.3, -0.25) is 9.52 Å². The average Bonchev–Trinajstić information content (AvgIpc) is 2.27. The molecule has 1 aromatic carbocycles. The summed E-state index contributed by atoms with van der Waals surface area (Å²) in [5, 5.41) is 2.22. The van der Waals surface area contributed by atoms with Crippen LogP contribution in [0.15, 0.2) is 23.1 Å². The third-order valence-electron chi connectivity index (χ3n) is 2.49. The summed E-state index contributed by atoms with van der Waals surface area (Å²) >= 11 is 1.44. The van der Waals surface area contributed by atoms with E-state index >= 15 is 0 Å². The Balaban J connectivity index is 2.27. The van der Waals surface area contributed by atoms with Crippen LogP contribution >= 0.6 is 11.8 Å². The number of carbonyl (C=O) groups is 1. The van der Waals surface area contributed by atoms with Gasteiger partial charge in [0.2, 0.25) is 15.9 Å². The molecule has 0 atom stereocenters. The van der Waals surface area contributed by atoms with Gasteiger partial charge < -0.3 is 5.32 Å². The highest BCUT2D eigenvalue weighted by Crippen LogP contribution is 2.33. The van der Waals surface area contributed by atoms with Crippen LogP contribution in [0.25, 0.3) is 0 Å². The highest BCUT2D eigenvalue weighted by molar-refractivity contribution is 8.00. The molecule has 0 bridgehead atoms. The second kappa shape index (κ2) is 4.81. The van der Waals surface area contributed by atoms with E-state index in [0.717, 1.165) is 4.90 Å². The number of hydrogen-bond acceptors (Lipinski definition) is 4. The zero-order valence-electron chi connectivity index (χ0n) is 10.1. The lowest BCUT2D eigenvalue weighted by molar-refractivity contribution is -0.113. The van der Waals surface area contributed by atoms with Crippen molar-refractivity contribution < 1.29 is 13.2 Å². The maximum absolute atomic E-state index is 11.7. The van der Waals surface area contributed by atoms with Crippen molar-refractivity contribution in [2.75, 3.05) is 15.8 Å². The third-order valence-corrected chi connectivity index (χ3v) is 5.33. The molecular weight excluding hydrogens is 272 g/mol. The standard InChI is InChI=1S/C11H14N2O3S2/c1-7(2)18(15,16)13-8-3-4-10-9(5-8)12-11(14)6-17-10/h3-5,7,13H,6H2,1-2H3,(H,12,14). The Hall–Kier alpha value is -1.21. The van der Waals surface area contributed by atoms with E-state index in [0.29, 0.717) is 17.1 Å². The fourth-order valence-corrected chi connectivity index (χ4v) is 2.91. The van der Waals surface area contributed by atoms with Crippen molar-refractivity contribution in [3.05, 3.63) is 18.2 Å². The molecule has 1 aromatic rings. The van der Waals surface area contributed by atoms with Crippen LogP contribution in [0.2, 0.25) is 0 Å². The highest BCUT2D eigenvalue weighted by atomic mass is 32.2. The maximum atomic E-state index is 11.7. The molecule has 2 rings (SSSR count). The lowest BCUT2D eigenvalue weighted by atomic mass is 10.3. The van der Waals surface area contributed by atoms with Crippen molar-refractivity contribution in [1.82, 2.24) is 0 Å². The Labute approximate surface area is 110 Å². The molecule has 1 aliphatic rings. The predicted octanol–water partition coefficient (Wildman–Crippen LogP) is 1.88. The number of nitrogens with one attached hydrogen (secondary N) is 2. The molecule has 5 nitrogen and oxygen atoms in total. The molecule has 1 amide bonds. The molecule has 0 aromatic heterocycles. The van der Waals surface area contributed by atoms with Gasteiger partial charge in [-0.15, -0.1) is 11.8 Å². The van der Waals surface area contributed by atoms with E-state index in [2.05, 4.69) is 10.0 Å². The van der Waals surface area contributed by atoms with E-state index in [1.807, 2.05) is 0 Å². The van der Waals surface area contributed by atoms with Gasteiger partial charge in [-0.2, -0.15) is 0 Å². The first-order chi connectivity index (χ1) is 8.38. The number of anilines is 2. The maximum Gasteiger partial charge on any atom is 0.235 e. The highest BCUT2D eigenvalue weighted by Gasteiger charge is 2.19. The Morgan fingerprint density at radius 1 is 1.39 bits per heavy atom. The zero-order valence-corrected chi connectivity index (χ0v) is 11.7. The summed E-state index contributed by atoms with van der Waals surface area (Å²) in [6, 6.07) is 5.14. The monoisotopic (exact) mass is 286 g/mol. The van der Waals surface area contributed by atoms with Gasteiger partial charge in [-0.25, -0.2) is 8.42 Å². The molecule has 0 fully saturated rings. The molecule has 0 aliphatic carbocycles. The Morgan fingerprint density at radius 3 is 2.78 bits per heavy atom. The number of sulfonamides is 1. The molecule has 0 spiro atoms. The van der Waals surface area contributed by atoms with Crippen LogP contribution in [0.4, 0.5) is 11.4 Å². The number of thioether (sulfide) groups is 1. The number of carbonyl (C=O) groups excluding carboxylic acids is 1. The van der Waals surface area contributed by atoms with E-state index in [-0.39, 0.29) is 5.91 Å². The lowest BCUT2D eigenvalue weighted by Gasteiger charge is -2.18. The Morgan fingerprint density at radius 2 is 2.11 bits per heavy atom. The normalized spacial score (nSPS) is 15.2. The summed E-state index contributed by atoms with van der Waals surface area (Å²) in [7, 11) is -3.36. The van der Waals surface area contributed by atoms with Crippen molar-refractivity contribution in [1.29, 1.82) is 0 Å². The number of amides is 1. The van der Waals surface area contributed by atoms with Crippen LogP contribution in [-0.2, 0) is 14.8 Å². The Kier molecular flexibility index (Phi) is 3.54. The topological polar surface area (TPSA) is 75.3 Å². The average molecular weight is 286 g/mol.